The van der Waals surface area contributed by atoms with Gasteiger partial charge in [-0.1, -0.05) is 19.1 Å². The van der Waals surface area contributed by atoms with Crippen LogP contribution >= 0.6 is 12.4 Å². The predicted molar refractivity (Wildman–Crippen MR) is 93.0 cm³/mol. The molecule has 3 saturated heterocycles. The first-order valence-electron chi connectivity index (χ1n) is 8.13. The fourth-order valence-electron chi connectivity index (χ4n) is 4.18. The molecule has 3 aliphatic rings. The number of hydrogen-bond acceptors (Lipinski definition) is 2. The van der Waals surface area contributed by atoms with E-state index in [2.05, 4.69) is 24.0 Å². The van der Waals surface area contributed by atoms with Crippen molar-refractivity contribution < 1.29 is 0 Å². The van der Waals surface area contributed by atoms with Crippen LogP contribution < -0.4 is 5.56 Å². The largest absolute Gasteiger partial charge is 0.310 e. The molecule has 0 unspecified atom stereocenters. The van der Waals surface area contributed by atoms with Crippen LogP contribution in [0, 0.1) is 5.92 Å². The van der Waals surface area contributed by atoms with Crippen LogP contribution in [-0.2, 0) is 6.42 Å². The van der Waals surface area contributed by atoms with Gasteiger partial charge >= 0.3 is 0 Å². The van der Waals surface area contributed by atoms with Gasteiger partial charge in [-0.15, -0.1) is 12.4 Å². The average molecular weight is 319 g/mol. The van der Waals surface area contributed by atoms with Crippen LogP contribution in [0.4, 0.5) is 0 Å². The number of rotatable bonds is 2. The minimum atomic E-state index is 0. The van der Waals surface area contributed by atoms with E-state index in [0.29, 0.717) is 12.0 Å². The van der Waals surface area contributed by atoms with Gasteiger partial charge < -0.3 is 9.47 Å². The van der Waals surface area contributed by atoms with Crippen molar-refractivity contribution in [3.05, 3.63) is 46.4 Å². The molecular formula is C18H23ClN2O. The Morgan fingerprint density at radius 1 is 1.14 bits per heavy atom. The summed E-state index contributed by atoms with van der Waals surface area (Å²) in [6.45, 7) is 5.62. The van der Waals surface area contributed by atoms with E-state index in [1.165, 1.54) is 31.5 Å². The van der Waals surface area contributed by atoms with E-state index in [4.69, 9.17) is 0 Å². The van der Waals surface area contributed by atoms with Crippen LogP contribution in [0.5, 0.6) is 0 Å². The molecule has 2 bridgehead atoms. The van der Waals surface area contributed by atoms with E-state index in [1.807, 2.05) is 22.9 Å². The van der Waals surface area contributed by atoms with Crippen LogP contribution in [-0.4, -0.2) is 29.1 Å². The van der Waals surface area contributed by atoms with Crippen molar-refractivity contribution in [1.82, 2.24) is 9.47 Å². The number of halogens is 1. The third-order valence-corrected chi connectivity index (χ3v) is 5.42. The maximum absolute atomic E-state index is 12.9. The summed E-state index contributed by atoms with van der Waals surface area (Å²) in [7, 11) is 0. The SMILES string of the molecule is CCc1cccc2c(=O)n([C@H]3CN4CCC3CC4)ccc12.Cl. The molecule has 0 saturated carbocycles. The molecule has 3 nitrogen and oxygen atoms in total. The maximum Gasteiger partial charge on any atom is 0.258 e. The van der Waals surface area contributed by atoms with Crippen molar-refractivity contribution in [3.8, 4) is 0 Å². The normalized spacial score (nSPS) is 26.9. The zero-order valence-electron chi connectivity index (χ0n) is 13.0. The van der Waals surface area contributed by atoms with E-state index < -0.39 is 0 Å². The van der Waals surface area contributed by atoms with Crippen LogP contribution in [0.1, 0.15) is 31.4 Å². The van der Waals surface area contributed by atoms with Gasteiger partial charge in [0.2, 0.25) is 0 Å². The molecular weight excluding hydrogens is 296 g/mol. The van der Waals surface area contributed by atoms with Crippen molar-refractivity contribution in [2.45, 2.75) is 32.2 Å². The standard InChI is InChI=1S/C18H22N2O.ClH/c1-2-13-4-3-5-16-15(13)8-11-20(18(16)21)17-12-19-9-6-14(17)7-10-19;/h3-5,8,11,14,17H,2,6-7,9-10,12H2,1H3;1H/t17-;/m0./s1. The molecule has 3 fully saturated rings. The number of pyridine rings is 1. The van der Waals surface area contributed by atoms with Gasteiger partial charge in [0, 0.05) is 18.1 Å². The molecule has 2 aromatic rings. The zero-order valence-corrected chi connectivity index (χ0v) is 13.8. The average Bonchev–Trinajstić information content (AvgIpc) is 2.56. The lowest BCUT2D eigenvalue weighted by Crippen LogP contribution is -2.49. The maximum atomic E-state index is 12.9. The minimum Gasteiger partial charge on any atom is -0.310 e. The predicted octanol–water partition coefficient (Wildman–Crippen LogP) is 3.25. The van der Waals surface area contributed by atoms with Gasteiger partial charge in [0.1, 0.15) is 0 Å². The van der Waals surface area contributed by atoms with Crippen molar-refractivity contribution in [2.24, 2.45) is 5.92 Å². The monoisotopic (exact) mass is 318 g/mol. The molecule has 0 radical (unpaired) electrons. The smallest absolute Gasteiger partial charge is 0.258 e. The van der Waals surface area contributed by atoms with Gasteiger partial charge in [-0.05, 0) is 61.4 Å². The van der Waals surface area contributed by atoms with Crippen molar-refractivity contribution in [2.75, 3.05) is 19.6 Å². The number of aryl methyl sites for hydroxylation is 1. The second-order valence-corrected chi connectivity index (χ2v) is 6.47. The first-order chi connectivity index (χ1) is 10.3. The number of piperidine rings is 3. The van der Waals surface area contributed by atoms with Crippen LogP contribution in [0.15, 0.2) is 35.3 Å². The summed E-state index contributed by atoms with van der Waals surface area (Å²) in [5.74, 6) is 0.680. The number of hydrogen-bond donors (Lipinski definition) is 0. The Bertz CT molecular complexity index is 731. The third kappa shape index (κ3) is 2.37. The van der Waals surface area contributed by atoms with Gasteiger partial charge in [-0.25, -0.2) is 0 Å². The molecule has 0 aliphatic carbocycles. The van der Waals surface area contributed by atoms with Crippen LogP contribution in [0.3, 0.4) is 0 Å². The molecule has 0 N–H and O–H groups in total. The van der Waals surface area contributed by atoms with E-state index in [-0.39, 0.29) is 18.0 Å². The summed E-state index contributed by atoms with van der Waals surface area (Å²) in [4.78, 5) is 15.4. The molecule has 3 aliphatic heterocycles. The first kappa shape index (κ1) is 15.6. The van der Waals surface area contributed by atoms with Crippen LogP contribution in [0.25, 0.3) is 10.8 Å². The molecule has 1 aromatic carbocycles. The Kier molecular flexibility index (Phi) is 4.28. The number of benzene rings is 1. The fourth-order valence-corrected chi connectivity index (χ4v) is 4.18. The molecule has 5 rings (SSSR count). The Morgan fingerprint density at radius 3 is 2.55 bits per heavy atom. The van der Waals surface area contributed by atoms with Gasteiger partial charge in [0.05, 0.1) is 6.04 Å². The topological polar surface area (TPSA) is 25.2 Å². The number of fused-ring (bicyclic) bond motifs is 4. The molecule has 0 spiro atoms. The summed E-state index contributed by atoms with van der Waals surface area (Å²) in [5.41, 5.74) is 1.47. The Hall–Kier alpha value is -1.32. The molecule has 1 aromatic heterocycles. The Morgan fingerprint density at radius 2 is 1.91 bits per heavy atom. The lowest BCUT2D eigenvalue weighted by molar-refractivity contribution is 0.0556. The second-order valence-electron chi connectivity index (χ2n) is 6.47. The third-order valence-electron chi connectivity index (χ3n) is 5.42. The summed E-state index contributed by atoms with van der Waals surface area (Å²) in [6, 6.07) is 8.64. The highest BCUT2D eigenvalue weighted by molar-refractivity contribution is 5.85. The van der Waals surface area contributed by atoms with Crippen molar-refractivity contribution in [3.63, 3.8) is 0 Å². The summed E-state index contributed by atoms with van der Waals surface area (Å²) >= 11 is 0. The second kappa shape index (κ2) is 6.05. The highest BCUT2D eigenvalue weighted by atomic mass is 35.5. The molecule has 0 amide bonds. The fraction of sp³-hybridized carbons (Fsp3) is 0.500. The highest BCUT2D eigenvalue weighted by Crippen LogP contribution is 2.35. The summed E-state index contributed by atoms with van der Waals surface area (Å²) < 4.78 is 2.01. The lowest BCUT2D eigenvalue weighted by atomic mass is 9.83. The van der Waals surface area contributed by atoms with E-state index in [9.17, 15) is 4.79 Å². The minimum absolute atomic E-state index is 0. The van der Waals surface area contributed by atoms with Gasteiger partial charge in [-0.3, -0.25) is 4.79 Å². The quantitative estimate of drug-likeness (QED) is 0.849. The molecule has 118 valence electrons. The summed E-state index contributed by atoms with van der Waals surface area (Å²) in [6.07, 6.45) is 5.49. The zero-order chi connectivity index (χ0) is 14.4. The molecule has 4 heteroatoms. The Balaban J connectivity index is 0.00000144. The van der Waals surface area contributed by atoms with Gasteiger partial charge in [0.25, 0.3) is 5.56 Å². The molecule has 22 heavy (non-hydrogen) atoms. The van der Waals surface area contributed by atoms with E-state index >= 15 is 0 Å². The lowest BCUT2D eigenvalue weighted by Gasteiger charge is -2.45. The number of aromatic nitrogens is 1. The van der Waals surface area contributed by atoms with Crippen LogP contribution in [0.2, 0.25) is 0 Å². The highest BCUT2D eigenvalue weighted by Gasteiger charge is 2.35. The van der Waals surface area contributed by atoms with Gasteiger partial charge in [-0.2, -0.15) is 0 Å². The van der Waals surface area contributed by atoms with Gasteiger partial charge in [0.15, 0.2) is 0 Å². The summed E-state index contributed by atoms with van der Waals surface area (Å²) in [5, 5.41) is 2.01. The van der Waals surface area contributed by atoms with Crippen molar-refractivity contribution in [1.29, 1.82) is 0 Å². The molecule has 4 heterocycles. The molecule has 1 atom stereocenters. The Labute approximate surface area is 137 Å². The number of nitrogens with zero attached hydrogens (tertiary/aromatic N) is 2. The van der Waals surface area contributed by atoms with E-state index in [0.717, 1.165) is 23.7 Å². The first-order valence-corrected chi connectivity index (χ1v) is 8.13. The van der Waals surface area contributed by atoms with Crippen molar-refractivity contribution >= 4 is 23.2 Å². The van der Waals surface area contributed by atoms with E-state index in [1.54, 1.807) is 0 Å².